The van der Waals surface area contributed by atoms with Gasteiger partial charge in [-0.3, -0.25) is 9.59 Å². The molecule has 3 aliphatic rings. The van der Waals surface area contributed by atoms with Gasteiger partial charge in [-0.15, -0.1) is 0 Å². The summed E-state index contributed by atoms with van der Waals surface area (Å²) in [5, 5.41) is 3.37. The van der Waals surface area contributed by atoms with Crippen molar-refractivity contribution in [1.29, 1.82) is 0 Å². The average Bonchev–Trinajstić information content (AvgIpc) is 3.11. The van der Waals surface area contributed by atoms with Crippen LogP contribution in [-0.4, -0.2) is 42.8 Å². The Hall–Kier alpha value is -1.62. The zero-order chi connectivity index (χ0) is 14.6. The fourth-order valence-electron chi connectivity index (χ4n) is 4.02. The molecule has 0 bridgehead atoms. The Bertz CT molecular complexity index is 607. The molecule has 1 N–H and O–H groups in total. The number of furan rings is 1. The lowest BCUT2D eigenvalue weighted by Gasteiger charge is -2.16. The second-order valence-electron chi connectivity index (χ2n) is 6.52. The minimum absolute atomic E-state index is 0.0379. The molecule has 1 amide bonds. The molecule has 3 heterocycles. The monoisotopic (exact) mass is 288 g/mol. The Balaban J connectivity index is 1.62. The van der Waals surface area contributed by atoms with Gasteiger partial charge in [0.1, 0.15) is 5.76 Å². The zero-order valence-electron chi connectivity index (χ0n) is 12.3. The van der Waals surface area contributed by atoms with Crippen molar-refractivity contribution in [2.45, 2.75) is 26.2 Å². The molecule has 0 radical (unpaired) electrons. The average molecular weight is 288 g/mol. The second-order valence-corrected chi connectivity index (χ2v) is 6.52. The Kier molecular flexibility index (Phi) is 2.92. The fourth-order valence-corrected chi connectivity index (χ4v) is 4.02. The van der Waals surface area contributed by atoms with Crippen molar-refractivity contribution in [2.75, 3.05) is 26.2 Å². The van der Waals surface area contributed by atoms with Crippen LogP contribution >= 0.6 is 0 Å². The molecular formula is C16H20N2O3. The minimum Gasteiger partial charge on any atom is -0.455 e. The first-order chi connectivity index (χ1) is 10.1. The van der Waals surface area contributed by atoms with Crippen molar-refractivity contribution in [3.8, 4) is 0 Å². The van der Waals surface area contributed by atoms with Gasteiger partial charge in [0.2, 0.25) is 0 Å². The topological polar surface area (TPSA) is 62.6 Å². The van der Waals surface area contributed by atoms with Crippen LogP contribution in [0.5, 0.6) is 0 Å². The molecule has 0 unspecified atom stereocenters. The maximum absolute atomic E-state index is 12.7. The normalized spacial score (nSPS) is 27.9. The van der Waals surface area contributed by atoms with Crippen LogP contribution in [-0.2, 0) is 6.42 Å². The summed E-state index contributed by atoms with van der Waals surface area (Å²) in [5.41, 5.74) is 1.42. The molecule has 1 aromatic rings. The van der Waals surface area contributed by atoms with E-state index in [2.05, 4.69) is 5.32 Å². The van der Waals surface area contributed by atoms with E-state index in [1.165, 1.54) is 0 Å². The third-order valence-electron chi connectivity index (χ3n) is 5.18. The molecule has 0 aromatic carbocycles. The number of fused-ring (bicyclic) bond motifs is 2. The third kappa shape index (κ3) is 1.94. The number of aryl methyl sites for hydroxylation is 1. The molecule has 1 aromatic heterocycles. The van der Waals surface area contributed by atoms with Crippen molar-refractivity contribution >= 4 is 11.7 Å². The van der Waals surface area contributed by atoms with Gasteiger partial charge in [-0.25, -0.2) is 0 Å². The number of Topliss-reactive ketones (excluding diaryl/α,β-unsaturated/α-hetero) is 1. The molecular weight excluding hydrogens is 268 g/mol. The predicted octanol–water partition coefficient (Wildman–Crippen LogP) is 1.40. The van der Waals surface area contributed by atoms with Crippen LogP contribution < -0.4 is 5.32 Å². The molecule has 2 fully saturated rings. The maximum atomic E-state index is 12.7. The Labute approximate surface area is 123 Å². The second kappa shape index (κ2) is 4.70. The van der Waals surface area contributed by atoms with E-state index in [1.54, 1.807) is 0 Å². The molecule has 4 rings (SSSR count). The lowest BCUT2D eigenvalue weighted by molar-refractivity contribution is 0.0746. The van der Waals surface area contributed by atoms with Crippen LogP contribution in [0.15, 0.2) is 4.42 Å². The van der Waals surface area contributed by atoms with E-state index in [9.17, 15) is 9.59 Å². The lowest BCUT2D eigenvalue weighted by Crippen LogP contribution is -2.32. The van der Waals surface area contributed by atoms with Gasteiger partial charge in [0.15, 0.2) is 11.5 Å². The number of nitrogens with zero attached hydrogens (tertiary/aromatic N) is 1. The smallest absolute Gasteiger partial charge is 0.289 e. The largest absolute Gasteiger partial charge is 0.455 e. The number of carbonyl (C=O) groups excluding carboxylic acids is 2. The van der Waals surface area contributed by atoms with Gasteiger partial charge >= 0.3 is 0 Å². The molecule has 112 valence electrons. The summed E-state index contributed by atoms with van der Waals surface area (Å²) < 4.78 is 5.78. The summed E-state index contributed by atoms with van der Waals surface area (Å²) in [4.78, 5) is 26.7. The van der Waals surface area contributed by atoms with Crippen molar-refractivity contribution in [2.24, 2.45) is 11.8 Å². The first-order valence-electron chi connectivity index (χ1n) is 7.80. The van der Waals surface area contributed by atoms with E-state index in [-0.39, 0.29) is 11.7 Å². The van der Waals surface area contributed by atoms with E-state index in [4.69, 9.17) is 4.42 Å². The first kappa shape index (κ1) is 13.1. The number of nitrogens with one attached hydrogen (secondary N) is 1. The molecule has 2 saturated heterocycles. The minimum atomic E-state index is -0.0379. The predicted molar refractivity (Wildman–Crippen MR) is 76.5 cm³/mol. The van der Waals surface area contributed by atoms with E-state index in [1.807, 2.05) is 11.8 Å². The molecule has 0 spiro atoms. The van der Waals surface area contributed by atoms with Gasteiger partial charge in [0.05, 0.1) is 5.56 Å². The number of hydrogen-bond donors (Lipinski definition) is 1. The van der Waals surface area contributed by atoms with Crippen LogP contribution in [0, 0.1) is 18.8 Å². The first-order valence-corrected chi connectivity index (χ1v) is 7.80. The van der Waals surface area contributed by atoms with Gasteiger partial charge in [0.25, 0.3) is 5.91 Å². The Morgan fingerprint density at radius 1 is 1.24 bits per heavy atom. The van der Waals surface area contributed by atoms with E-state index < -0.39 is 0 Å². The number of carbonyl (C=O) groups is 2. The van der Waals surface area contributed by atoms with Crippen LogP contribution in [0.4, 0.5) is 0 Å². The van der Waals surface area contributed by atoms with E-state index >= 15 is 0 Å². The number of likely N-dealkylation sites (tertiary alicyclic amines) is 1. The molecule has 21 heavy (non-hydrogen) atoms. The highest BCUT2D eigenvalue weighted by molar-refractivity contribution is 6.03. The quantitative estimate of drug-likeness (QED) is 0.848. The summed E-state index contributed by atoms with van der Waals surface area (Å²) in [5.74, 6) is 2.33. The highest BCUT2D eigenvalue weighted by atomic mass is 16.4. The highest BCUT2D eigenvalue weighted by Crippen LogP contribution is 2.32. The van der Waals surface area contributed by atoms with Crippen LogP contribution in [0.2, 0.25) is 0 Å². The van der Waals surface area contributed by atoms with Gasteiger partial charge in [-0.2, -0.15) is 0 Å². The maximum Gasteiger partial charge on any atom is 0.289 e. The standard InChI is InChI=1S/C16H20N2O3/c1-9-14-12(19)3-2-4-13(14)21-15(9)16(20)18-7-10-5-17-6-11(10)8-18/h10-11,17H,2-8H2,1H3/t10-,11+. The molecule has 1 aliphatic carbocycles. The summed E-state index contributed by atoms with van der Waals surface area (Å²) in [6, 6.07) is 0. The molecule has 0 saturated carbocycles. The van der Waals surface area contributed by atoms with Crippen molar-refractivity contribution < 1.29 is 14.0 Å². The molecule has 2 atom stereocenters. The Morgan fingerprint density at radius 2 is 1.95 bits per heavy atom. The van der Waals surface area contributed by atoms with Crippen molar-refractivity contribution in [1.82, 2.24) is 10.2 Å². The summed E-state index contributed by atoms with van der Waals surface area (Å²) >= 11 is 0. The van der Waals surface area contributed by atoms with Crippen LogP contribution in [0.3, 0.4) is 0 Å². The zero-order valence-corrected chi connectivity index (χ0v) is 12.3. The lowest BCUT2D eigenvalue weighted by atomic mass is 9.94. The number of ketones is 1. The summed E-state index contributed by atoms with van der Waals surface area (Å²) in [6.07, 6.45) is 2.16. The van der Waals surface area contributed by atoms with Gasteiger partial charge in [-0.05, 0) is 25.2 Å². The van der Waals surface area contributed by atoms with E-state index in [0.29, 0.717) is 35.3 Å². The summed E-state index contributed by atoms with van der Waals surface area (Å²) in [6.45, 7) is 5.45. The van der Waals surface area contributed by atoms with Crippen LogP contribution in [0.25, 0.3) is 0 Å². The third-order valence-corrected chi connectivity index (χ3v) is 5.18. The van der Waals surface area contributed by atoms with Gasteiger partial charge in [0, 0.05) is 44.6 Å². The van der Waals surface area contributed by atoms with Crippen molar-refractivity contribution in [3.63, 3.8) is 0 Å². The summed E-state index contributed by atoms with van der Waals surface area (Å²) in [7, 11) is 0. The fraction of sp³-hybridized carbons (Fsp3) is 0.625. The molecule has 2 aliphatic heterocycles. The number of amides is 1. The van der Waals surface area contributed by atoms with Gasteiger partial charge in [-0.1, -0.05) is 0 Å². The molecule has 5 heteroatoms. The van der Waals surface area contributed by atoms with E-state index in [0.717, 1.165) is 44.6 Å². The van der Waals surface area contributed by atoms with Crippen LogP contribution in [0.1, 0.15) is 45.1 Å². The molecule has 5 nitrogen and oxygen atoms in total. The highest BCUT2D eigenvalue weighted by Gasteiger charge is 2.40. The van der Waals surface area contributed by atoms with Crippen molar-refractivity contribution in [3.05, 3.63) is 22.6 Å². The number of hydrogen-bond acceptors (Lipinski definition) is 4. The number of rotatable bonds is 1. The Morgan fingerprint density at radius 3 is 2.62 bits per heavy atom. The SMILES string of the molecule is Cc1c(C(=O)N2C[C@H]3CNC[C@H]3C2)oc2c1C(=O)CCC2. The van der Waals surface area contributed by atoms with Gasteiger partial charge < -0.3 is 14.6 Å².